The average Bonchev–Trinajstić information content (AvgIpc) is 2.01. The standard InChI is InChI=1S/C8H12BrNO2/c9-7-2-1-4-10(6-7)5-3-8(11)12/h2H,1,3-6H2,(H,11,12). The number of carboxylic acids is 1. The number of rotatable bonds is 3. The van der Waals surface area contributed by atoms with Crippen molar-refractivity contribution in [2.75, 3.05) is 19.6 Å². The van der Waals surface area contributed by atoms with E-state index in [1.165, 1.54) is 4.48 Å². The van der Waals surface area contributed by atoms with Crippen LogP contribution in [0.15, 0.2) is 10.6 Å². The van der Waals surface area contributed by atoms with Gasteiger partial charge in [0.25, 0.3) is 0 Å². The van der Waals surface area contributed by atoms with Gasteiger partial charge in [0.2, 0.25) is 0 Å². The highest BCUT2D eigenvalue weighted by molar-refractivity contribution is 9.11. The molecule has 0 radical (unpaired) electrons. The summed E-state index contributed by atoms with van der Waals surface area (Å²) in [5, 5.41) is 8.46. The summed E-state index contributed by atoms with van der Waals surface area (Å²) in [5.74, 6) is -0.722. The molecule has 0 atom stereocenters. The van der Waals surface area contributed by atoms with Crippen molar-refractivity contribution in [1.29, 1.82) is 0 Å². The summed E-state index contributed by atoms with van der Waals surface area (Å²) in [5.41, 5.74) is 0. The van der Waals surface area contributed by atoms with Crippen molar-refractivity contribution in [2.45, 2.75) is 12.8 Å². The van der Waals surface area contributed by atoms with E-state index in [9.17, 15) is 4.79 Å². The van der Waals surface area contributed by atoms with Crippen LogP contribution >= 0.6 is 15.9 Å². The van der Waals surface area contributed by atoms with Gasteiger partial charge in [-0.05, 0) is 6.42 Å². The van der Waals surface area contributed by atoms with Crippen molar-refractivity contribution >= 4 is 21.9 Å². The zero-order chi connectivity index (χ0) is 8.97. The lowest BCUT2D eigenvalue weighted by Gasteiger charge is -2.24. The average molecular weight is 234 g/mol. The Morgan fingerprint density at radius 3 is 3.08 bits per heavy atom. The Balaban J connectivity index is 2.26. The van der Waals surface area contributed by atoms with Crippen LogP contribution in [-0.2, 0) is 4.79 Å². The molecule has 0 unspecified atom stereocenters. The fourth-order valence-electron chi connectivity index (χ4n) is 1.21. The Morgan fingerprint density at radius 2 is 2.50 bits per heavy atom. The molecule has 0 saturated carbocycles. The predicted molar refractivity (Wildman–Crippen MR) is 50.3 cm³/mol. The maximum Gasteiger partial charge on any atom is 0.304 e. The summed E-state index contributed by atoms with van der Waals surface area (Å²) in [7, 11) is 0. The minimum Gasteiger partial charge on any atom is -0.481 e. The molecule has 3 nitrogen and oxygen atoms in total. The molecule has 0 amide bonds. The van der Waals surface area contributed by atoms with Crippen LogP contribution in [0.25, 0.3) is 0 Å². The number of carbonyl (C=O) groups is 1. The molecule has 0 aromatic carbocycles. The van der Waals surface area contributed by atoms with Gasteiger partial charge in [0, 0.05) is 24.1 Å². The zero-order valence-corrected chi connectivity index (χ0v) is 8.38. The van der Waals surface area contributed by atoms with Crippen molar-refractivity contribution < 1.29 is 9.90 Å². The van der Waals surface area contributed by atoms with Gasteiger partial charge in [-0.3, -0.25) is 9.69 Å². The number of nitrogens with zero attached hydrogens (tertiary/aromatic N) is 1. The highest BCUT2D eigenvalue weighted by atomic mass is 79.9. The SMILES string of the molecule is O=C(O)CCN1CCC=C(Br)C1. The lowest BCUT2D eigenvalue weighted by atomic mass is 10.2. The van der Waals surface area contributed by atoms with Crippen molar-refractivity contribution in [2.24, 2.45) is 0 Å². The molecular weight excluding hydrogens is 222 g/mol. The van der Waals surface area contributed by atoms with Gasteiger partial charge in [-0.2, -0.15) is 0 Å². The molecule has 0 fully saturated rings. The Hall–Kier alpha value is -0.350. The lowest BCUT2D eigenvalue weighted by Crippen LogP contribution is -2.30. The van der Waals surface area contributed by atoms with Crippen molar-refractivity contribution in [3.05, 3.63) is 10.6 Å². The molecule has 4 heteroatoms. The van der Waals surface area contributed by atoms with E-state index < -0.39 is 5.97 Å². The van der Waals surface area contributed by atoms with Gasteiger partial charge < -0.3 is 5.11 Å². The van der Waals surface area contributed by atoms with E-state index in [-0.39, 0.29) is 6.42 Å². The largest absolute Gasteiger partial charge is 0.481 e. The highest BCUT2D eigenvalue weighted by Gasteiger charge is 2.11. The van der Waals surface area contributed by atoms with Crippen LogP contribution in [0.1, 0.15) is 12.8 Å². The fourth-order valence-corrected chi connectivity index (χ4v) is 1.79. The summed E-state index contributed by atoms with van der Waals surface area (Å²) in [6.45, 7) is 2.48. The van der Waals surface area contributed by atoms with Crippen LogP contribution in [0.2, 0.25) is 0 Å². The van der Waals surface area contributed by atoms with E-state index >= 15 is 0 Å². The molecule has 1 N–H and O–H groups in total. The molecular formula is C8H12BrNO2. The minimum absolute atomic E-state index is 0.236. The number of carboxylic acid groups (broad SMARTS) is 1. The van der Waals surface area contributed by atoms with Crippen molar-refractivity contribution in [1.82, 2.24) is 4.90 Å². The third kappa shape index (κ3) is 3.36. The second-order valence-corrected chi connectivity index (χ2v) is 3.88. The van der Waals surface area contributed by atoms with E-state index in [0.29, 0.717) is 6.54 Å². The van der Waals surface area contributed by atoms with Gasteiger partial charge in [-0.25, -0.2) is 0 Å². The molecule has 1 aliphatic heterocycles. The summed E-state index contributed by atoms with van der Waals surface area (Å²) in [4.78, 5) is 12.4. The number of halogens is 1. The Labute approximate surface area is 80.2 Å². The first-order valence-electron chi connectivity index (χ1n) is 3.97. The van der Waals surface area contributed by atoms with Crippen LogP contribution < -0.4 is 0 Å². The summed E-state index contributed by atoms with van der Waals surface area (Å²) in [6.07, 6.45) is 3.39. The maximum absolute atomic E-state index is 10.3. The van der Waals surface area contributed by atoms with Gasteiger partial charge in [-0.1, -0.05) is 22.0 Å². The Kier molecular flexibility index (Phi) is 3.75. The fraction of sp³-hybridized carbons (Fsp3) is 0.625. The second kappa shape index (κ2) is 4.62. The topological polar surface area (TPSA) is 40.5 Å². The van der Waals surface area contributed by atoms with Gasteiger partial charge in [0.1, 0.15) is 0 Å². The molecule has 0 aromatic rings. The highest BCUT2D eigenvalue weighted by Crippen LogP contribution is 2.14. The number of hydrogen-bond acceptors (Lipinski definition) is 2. The molecule has 0 bridgehead atoms. The Bertz CT molecular complexity index is 203. The van der Waals surface area contributed by atoms with Gasteiger partial charge in [-0.15, -0.1) is 0 Å². The zero-order valence-electron chi connectivity index (χ0n) is 6.79. The number of aliphatic carboxylic acids is 1. The molecule has 12 heavy (non-hydrogen) atoms. The second-order valence-electron chi connectivity index (χ2n) is 2.86. The van der Waals surface area contributed by atoms with Crippen molar-refractivity contribution in [3.8, 4) is 0 Å². The van der Waals surface area contributed by atoms with Crippen LogP contribution in [-0.4, -0.2) is 35.6 Å². The molecule has 1 rings (SSSR count). The number of hydrogen-bond donors (Lipinski definition) is 1. The van der Waals surface area contributed by atoms with Gasteiger partial charge in [0.15, 0.2) is 0 Å². The minimum atomic E-state index is -0.722. The smallest absolute Gasteiger partial charge is 0.304 e. The van der Waals surface area contributed by atoms with E-state index in [0.717, 1.165) is 19.5 Å². The molecule has 0 spiro atoms. The summed E-state index contributed by atoms with van der Waals surface area (Å²) < 4.78 is 1.17. The van der Waals surface area contributed by atoms with Gasteiger partial charge in [0.05, 0.1) is 6.42 Å². The Morgan fingerprint density at radius 1 is 1.75 bits per heavy atom. The first-order chi connectivity index (χ1) is 5.68. The quantitative estimate of drug-likeness (QED) is 0.803. The van der Waals surface area contributed by atoms with E-state index in [1.54, 1.807) is 0 Å². The first-order valence-corrected chi connectivity index (χ1v) is 4.76. The summed E-state index contributed by atoms with van der Waals surface area (Å²) in [6, 6.07) is 0. The van der Waals surface area contributed by atoms with Gasteiger partial charge >= 0.3 is 5.97 Å². The molecule has 0 saturated heterocycles. The van der Waals surface area contributed by atoms with E-state index in [4.69, 9.17) is 5.11 Å². The predicted octanol–water partition coefficient (Wildman–Crippen LogP) is 1.45. The maximum atomic E-state index is 10.3. The molecule has 0 aromatic heterocycles. The molecule has 68 valence electrons. The van der Waals surface area contributed by atoms with Crippen LogP contribution in [0, 0.1) is 0 Å². The van der Waals surface area contributed by atoms with Crippen LogP contribution in [0.3, 0.4) is 0 Å². The molecule has 1 aliphatic rings. The van der Waals surface area contributed by atoms with E-state index in [2.05, 4.69) is 26.9 Å². The lowest BCUT2D eigenvalue weighted by molar-refractivity contribution is -0.137. The normalized spacial score (nSPS) is 18.9. The third-order valence-corrected chi connectivity index (χ3v) is 2.40. The first kappa shape index (κ1) is 9.74. The van der Waals surface area contributed by atoms with Crippen molar-refractivity contribution in [3.63, 3.8) is 0 Å². The van der Waals surface area contributed by atoms with Crippen LogP contribution in [0.5, 0.6) is 0 Å². The third-order valence-electron chi connectivity index (χ3n) is 1.83. The molecule has 0 aliphatic carbocycles. The molecule has 1 heterocycles. The van der Waals surface area contributed by atoms with Crippen LogP contribution in [0.4, 0.5) is 0 Å². The monoisotopic (exact) mass is 233 g/mol. The van der Waals surface area contributed by atoms with E-state index in [1.807, 2.05) is 0 Å². The summed E-state index contributed by atoms with van der Waals surface area (Å²) >= 11 is 3.41.